The number of fused-ring (bicyclic) bond motifs is 1. The third-order valence-corrected chi connectivity index (χ3v) is 5.26. The van der Waals surface area contributed by atoms with E-state index in [0.717, 1.165) is 30.5 Å². The molecule has 23 heavy (non-hydrogen) atoms. The van der Waals surface area contributed by atoms with Crippen molar-refractivity contribution in [3.63, 3.8) is 0 Å². The number of aliphatic hydroxyl groups is 1. The largest absolute Gasteiger partial charge is 0.492 e. The van der Waals surface area contributed by atoms with Gasteiger partial charge in [-0.05, 0) is 62.8 Å². The maximum Gasteiger partial charge on any atom is 0.492 e. The lowest BCUT2D eigenvalue weighted by atomic mass is 9.77. The van der Waals surface area contributed by atoms with Crippen molar-refractivity contribution >= 4 is 13.2 Å². The second kappa shape index (κ2) is 6.06. The van der Waals surface area contributed by atoms with Gasteiger partial charge in [-0.1, -0.05) is 24.3 Å². The van der Waals surface area contributed by atoms with Gasteiger partial charge in [0.05, 0.1) is 17.8 Å². The zero-order valence-corrected chi connectivity index (χ0v) is 14.5. The van der Waals surface area contributed by atoms with Gasteiger partial charge in [0, 0.05) is 6.54 Å². The first-order chi connectivity index (χ1) is 10.8. The Hall–Kier alpha value is -1.14. The summed E-state index contributed by atoms with van der Waals surface area (Å²) in [4.78, 5) is 0. The fourth-order valence-electron chi connectivity index (χ4n) is 3.08. The first kappa shape index (κ1) is 16.7. The molecule has 2 aliphatic heterocycles. The maximum absolute atomic E-state index is 9.85. The van der Waals surface area contributed by atoms with Gasteiger partial charge in [-0.2, -0.15) is 0 Å². The van der Waals surface area contributed by atoms with E-state index < -0.39 is 18.3 Å². The molecule has 0 unspecified atom stereocenters. The molecule has 2 heterocycles. The van der Waals surface area contributed by atoms with Crippen LogP contribution in [0.1, 0.15) is 44.4 Å². The van der Waals surface area contributed by atoms with E-state index in [9.17, 15) is 5.11 Å². The summed E-state index contributed by atoms with van der Waals surface area (Å²) < 4.78 is 12.1. The maximum atomic E-state index is 9.85. The third kappa shape index (κ3) is 3.11. The molecular formula is C18H26BNO3. The van der Waals surface area contributed by atoms with E-state index in [0.29, 0.717) is 0 Å². The summed E-state index contributed by atoms with van der Waals surface area (Å²) in [6.45, 7) is 9.93. The van der Waals surface area contributed by atoms with Gasteiger partial charge in [-0.15, -0.1) is 0 Å². The molecule has 0 aliphatic carbocycles. The third-order valence-electron chi connectivity index (χ3n) is 5.26. The Morgan fingerprint density at radius 1 is 1.26 bits per heavy atom. The van der Waals surface area contributed by atoms with Crippen molar-refractivity contribution < 1.29 is 14.4 Å². The average Bonchev–Trinajstić information content (AvgIpc) is 2.73. The van der Waals surface area contributed by atoms with E-state index in [2.05, 4.69) is 23.5 Å². The molecule has 4 nitrogen and oxygen atoms in total. The standard InChI is InChI=1S/C18H26BNO3/c1-17(2)18(3,4)23-19(22-17)15(12-21)10-13-6-5-7-14-11-20-9-8-16(13)14/h5-7,10,20-21H,8-9,11-12H2,1-4H3. The number of benzene rings is 1. The molecule has 0 bridgehead atoms. The minimum absolute atomic E-state index is 0.0707. The molecule has 0 saturated carbocycles. The molecule has 0 atom stereocenters. The number of hydrogen-bond donors (Lipinski definition) is 2. The predicted molar refractivity (Wildman–Crippen MR) is 93.0 cm³/mol. The highest BCUT2D eigenvalue weighted by molar-refractivity contribution is 6.55. The highest BCUT2D eigenvalue weighted by Gasteiger charge is 2.52. The quantitative estimate of drug-likeness (QED) is 0.841. The summed E-state index contributed by atoms with van der Waals surface area (Å²) in [7, 11) is -0.498. The molecule has 1 aromatic rings. The minimum atomic E-state index is -0.498. The van der Waals surface area contributed by atoms with Crippen molar-refractivity contribution in [2.75, 3.05) is 13.2 Å². The van der Waals surface area contributed by atoms with Gasteiger partial charge in [0.2, 0.25) is 0 Å². The molecule has 1 fully saturated rings. The number of hydrogen-bond acceptors (Lipinski definition) is 4. The highest BCUT2D eigenvalue weighted by Crippen LogP contribution is 2.39. The highest BCUT2D eigenvalue weighted by atomic mass is 16.7. The summed E-state index contributed by atoms with van der Waals surface area (Å²) in [5, 5.41) is 13.2. The Morgan fingerprint density at radius 3 is 2.61 bits per heavy atom. The van der Waals surface area contributed by atoms with Crippen LogP contribution in [-0.4, -0.2) is 36.6 Å². The van der Waals surface area contributed by atoms with Crippen LogP contribution in [0.5, 0.6) is 0 Å². The lowest BCUT2D eigenvalue weighted by Gasteiger charge is -2.32. The van der Waals surface area contributed by atoms with Gasteiger partial charge in [0.25, 0.3) is 0 Å². The van der Waals surface area contributed by atoms with Gasteiger partial charge < -0.3 is 19.7 Å². The summed E-state index contributed by atoms with van der Waals surface area (Å²) in [6.07, 6.45) is 3.04. The SMILES string of the molecule is CC1(C)OB(C(=Cc2cccc3c2CCNC3)CO)OC1(C)C. The number of aliphatic hydroxyl groups excluding tert-OH is 1. The first-order valence-corrected chi connectivity index (χ1v) is 8.32. The molecule has 3 rings (SSSR count). The summed E-state index contributed by atoms with van der Waals surface area (Å²) in [6, 6.07) is 6.33. The molecule has 124 valence electrons. The fraction of sp³-hybridized carbons (Fsp3) is 0.556. The van der Waals surface area contributed by atoms with Crippen LogP contribution >= 0.6 is 0 Å². The van der Waals surface area contributed by atoms with E-state index in [1.807, 2.05) is 33.8 Å². The molecule has 0 spiro atoms. The van der Waals surface area contributed by atoms with Gasteiger partial charge in [-0.25, -0.2) is 0 Å². The van der Waals surface area contributed by atoms with E-state index in [1.54, 1.807) is 0 Å². The topological polar surface area (TPSA) is 50.7 Å². The molecule has 1 aromatic carbocycles. The van der Waals surface area contributed by atoms with Crippen LogP contribution in [0.25, 0.3) is 6.08 Å². The Balaban J connectivity index is 1.92. The normalized spacial score (nSPS) is 23.0. The van der Waals surface area contributed by atoms with Gasteiger partial charge in [0.1, 0.15) is 0 Å². The van der Waals surface area contributed by atoms with Crippen LogP contribution < -0.4 is 5.32 Å². The second-order valence-electron chi connectivity index (χ2n) is 7.38. The summed E-state index contributed by atoms with van der Waals surface area (Å²) >= 11 is 0. The van der Waals surface area contributed by atoms with Crippen molar-refractivity contribution in [2.45, 2.75) is 51.9 Å². The molecule has 2 N–H and O–H groups in total. The van der Waals surface area contributed by atoms with E-state index in [-0.39, 0.29) is 6.61 Å². The van der Waals surface area contributed by atoms with Crippen LogP contribution in [0.15, 0.2) is 23.7 Å². The lowest BCUT2D eigenvalue weighted by molar-refractivity contribution is 0.00578. The lowest BCUT2D eigenvalue weighted by Crippen LogP contribution is -2.41. The van der Waals surface area contributed by atoms with Gasteiger partial charge in [-0.3, -0.25) is 0 Å². The summed E-state index contributed by atoms with van der Waals surface area (Å²) in [5.41, 5.74) is 3.82. The first-order valence-electron chi connectivity index (χ1n) is 8.32. The second-order valence-corrected chi connectivity index (χ2v) is 7.38. The van der Waals surface area contributed by atoms with Crippen LogP contribution in [0.4, 0.5) is 0 Å². The zero-order chi connectivity index (χ0) is 16.7. The van der Waals surface area contributed by atoms with Gasteiger partial charge >= 0.3 is 7.12 Å². The molecule has 0 aromatic heterocycles. The Morgan fingerprint density at radius 2 is 1.96 bits per heavy atom. The molecule has 5 heteroatoms. The number of nitrogens with one attached hydrogen (secondary N) is 1. The Labute approximate surface area is 139 Å². The van der Waals surface area contributed by atoms with Crippen molar-refractivity contribution in [2.24, 2.45) is 0 Å². The Kier molecular flexibility index (Phi) is 4.40. The van der Waals surface area contributed by atoms with E-state index >= 15 is 0 Å². The van der Waals surface area contributed by atoms with Gasteiger partial charge in [0.15, 0.2) is 0 Å². The summed E-state index contributed by atoms with van der Waals surface area (Å²) in [5.74, 6) is 0. The van der Waals surface area contributed by atoms with Crippen LogP contribution in [0.3, 0.4) is 0 Å². The Bertz CT molecular complexity index is 609. The van der Waals surface area contributed by atoms with Crippen molar-refractivity contribution in [1.29, 1.82) is 0 Å². The number of rotatable bonds is 3. The molecule has 2 aliphatic rings. The monoisotopic (exact) mass is 315 g/mol. The van der Waals surface area contributed by atoms with Crippen LogP contribution in [-0.2, 0) is 22.3 Å². The molecule has 1 saturated heterocycles. The van der Waals surface area contributed by atoms with Crippen LogP contribution in [0.2, 0.25) is 0 Å². The van der Waals surface area contributed by atoms with Crippen molar-refractivity contribution in [3.05, 3.63) is 40.4 Å². The van der Waals surface area contributed by atoms with E-state index in [1.165, 1.54) is 11.1 Å². The van der Waals surface area contributed by atoms with Crippen LogP contribution in [0, 0.1) is 0 Å². The predicted octanol–water partition coefficient (Wildman–Crippen LogP) is 2.34. The average molecular weight is 315 g/mol. The zero-order valence-electron chi connectivity index (χ0n) is 14.5. The fourth-order valence-corrected chi connectivity index (χ4v) is 3.08. The molecular weight excluding hydrogens is 289 g/mol. The van der Waals surface area contributed by atoms with Crippen molar-refractivity contribution in [1.82, 2.24) is 5.32 Å². The smallest absolute Gasteiger partial charge is 0.400 e. The molecule has 0 radical (unpaired) electrons. The van der Waals surface area contributed by atoms with Crippen molar-refractivity contribution in [3.8, 4) is 0 Å². The minimum Gasteiger partial charge on any atom is -0.400 e. The van der Waals surface area contributed by atoms with E-state index in [4.69, 9.17) is 9.31 Å². The molecule has 0 amide bonds.